The number of carboxylic acids is 1. The molecule has 5 heteroatoms. The average Bonchev–Trinajstić information content (AvgIpc) is 2.65. The Balaban J connectivity index is 2.73. The van der Waals surface area contributed by atoms with E-state index in [1.807, 2.05) is 0 Å². The zero-order chi connectivity index (χ0) is 11.4. The number of rotatable bonds is 5. The molecule has 0 aliphatic rings. The molecule has 0 bridgehead atoms. The Kier molecular flexibility index (Phi) is 3.88. The van der Waals surface area contributed by atoms with Gasteiger partial charge in [0.1, 0.15) is 11.9 Å². The van der Waals surface area contributed by atoms with Gasteiger partial charge >= 0.3 is 5.97 Å². The minimum absolute atomic E-state index is 0.150. The van der Waals surface area contributed by atoms with Crippen LogP contribution in [0.5, 0.6) is 0 Å². The second kappa shape index (κ2) is 4.95. The van der Waals surface area contributed by atoms with E-state index in [0.29, 0.717) is 6.61 Å². The lowest BCUT2D eigenvalue weighted by molar-refractivity contribution is 0.0407. The van der Waals surface area contributed by atoms with Crippen LogP contribution in [0, 0.1) is 5.92 Å². The van der Waals surface area contributed by atoms with Crippen molar-refractivity contribution < 1.29 is 24.2 Å². The van der Waals surface area contributed by atoms with E-state index in [1.165, 1.54) is 19.2 Å². The molecule has 1 rings (SSSR count). The van der Waals surface area contributed by atoms with Gasteiger partial charge < -0.3 is 19.4 Å². The van der Waals surface area contributed by atoms with Crippen LogP contribution >= 0.6 is 0 Å². The first-order valence-electron chi connectivity index (χ1n) is 4.56. The Bertz CT molecular complexity index is 330. The molecular formula is C10H14O5. The summed E-state index contributed by atoms with van der Waals surface area (Å²) in [6.45, 7) is 2.17. The lowest BCUT2D eigenvalue weighted by Crippen LogP contribution is -2.13. The van der Waals surface area contributed by atoms with E-state index < -0.39 is 12.1 Å². The molecule has 0 radical (unpaired) electrons. The summed E-state index contributed by atoms with van der Waals surface area (Å²) in [5.74, 6) is -1.22. The highest BCUT2D eigenvalue weighted by Crippen LogP contribution is 2.23. The number of hydrogen-bond acceptors (Lipinski definition) is 4. The first kappa shape index (κ1) is 11.7. The van der Waals surface area contributed by atoms with Gasteiger partial charge in [-0.2, -0.15) is 0 Å². The fourth-order valence-electron chi connectivity index (χ4n) is 1.26. The Morgan fingerprint density at radius 2 is 2.27 bits per heavy atom. The number of methoxy groups -OCH3 is 1. The highest BCUT2D eigenvalue weighted by molar-refractivity contribution is 5.84. The van der Waals surface area contributed by atoms with Gasteiger partial charge in [0.2, 0.25) is 5.76 Å². The van der Waals surface area contributed by atoms with Gasteiger partial charge in [0.25, 0.3) is 0 Å². The van der Waals surface area contributed by atoms with Gasteiger partial charge in [-0.1, -0.05) is 6.92 Å². The summed E-state index contributed by atoms with van der Waals surface area (Å²) in [7, 11) is 1.54. The second-order valence-electron chi connectivity index (χ2n) is 3.38. The molecule has 5 nitrogen and oxygen atoms in total. The quantitative estimate of drug-likeness (QED) is 0.772. The monoisotopic (exact) mass is 214 g/mol. The van der Waals surface area contributed by atoms with E-state index in [9.17, 15) is 9.90 Å². The van der Waals surface area contributed by atoms with Crippen molar-refractivity contribution in [2.45, 2.75) is 13.0 Å². The Morgan fingerprint density at radius 1 is 1.60 bits per heavy atom. The maximum atomic E-state index is 10.5. The van der Waals surface area contributed by atoms with Crippen molar-refractivity contribution in [2.24, 2.45) is 5.92 Å². The molecule has 15 heavy (non-hydrogen) atoms. The largest absolute Gasteiger partial charge is 0.475 e. The topological polar surface area (TPSA) is 79.9 Å². The molecule has 1 aromatic rings. The van der Waals surface area contributed by atoms with Gasteiger partial charge in [-0.3, -0.25) is 0 Å². The van der Waals surface area contributed by atoms with Crippen molar-refractivity contribution in [3.8, 4) is 0 Å². The van der Waals surface area contributed by atoms with Gasteiger partial charge in [-0.15, -0.1) is 0 Å². The molecule has 1 heterocycles. The molecule has 0 aliphatic heterocycles. The van der Waals surface area contributed by atoms with Crippen molar-refractivity contribution in [3.05, 3.63) is 23.7 Å². The molecular weight excluding hydrogens is 200 g/mol. The van der Waals surface area contributed by atoms with Crippen LogP contribution in [0.2, 0.25) is 0 Å². The molecule has 0 spiro atoms. The summed E-state index contributed by atoms with van der Waals surface area (Å²) in [5, 5.41) is 18.4. The summed E-state index contributed by atoms with van der Waals surface area (Å²) in [6, 6.07) is 2.78. The molecule has 84 valence electrons. The zero-order valence-corrected chi connectivity index (χ0v) is 8.64. The number of carbonyl (C=O) groups is 1. The van der Waals surface area contributed by atoms with Crippen LogP contribution in [0.3, 0.4) is 0 Å². The standard InChI is InChI=1S/C10H14O5/c1-6(5-14-2)9(11)7-3-4-8(15-7)10(12)13/h3-4,6,9,11H,5H2,1-2H3,(H,12,13). The molecule has 0 saturated heterocycles. The van der Waals surface area contributed by atoms with Gasteiger partial charge in [0.05, 0.1) is 6.61 Å². The van der Waals surface area contributed by atoms with E-state index in [-0.39, 0.29) is 17.4 Å². The first-order chi connectivity index (χ1) is 7.06. The van der Waals surface area contributed by atoms with E-state index in [1.54, 1.807) is 6.92 Å². The smallest absolute Gasteiger partial charge is 0.371 e. The molecule has 0 amide bonds. The maximum Gasteiger partial charge on any atom is 0.371 e. The van der Waals surface area contributed by atoms with E-state index >= 15 is 0 Å². The fourth-order valence-corrected chi connectivity index (χ4v) is 1.26. The van der Waals surface area contributed by atoms with Crippen LogP contribution in [-0.2, 0) is 4.74 Å². The number of aliphatic hydroxyl groups excluding tert-OH is 1. The summed E-state index contributed by atoms with van der Waals surface area (Å²) >= 11 is 0. The van der Waals surface area contributed by atoms with Crippen LogP contribution in [0.15, 0.2) is 16.5 Å². The predicted octanol–water partition coefficient (Wildman–Crippen LogP) is 1.29. The Hall–Kier alpha value is -1.33. The van der Waals surface area contributed by atoms with Crippen molar-refractivity contribution in [1.29, 1.82) is 0 Å². The maximum absolute atomic E-state index is 10.5. The van der Waals surface area contributed by atoms with Crippen LogP contribution in [-0.4, -0.2) is 29.9 Å². The van der Waals surface area contributed by atoms with Gasteiger partial charge in [-0.25, -0.2) is 4.79 Å². The number of aromatic carboxylic acids is 1. The molecule has 2 N–H and O–H groups in total. The number of ether oxygens (including phenoxy) is 1. The van der Waals surface area contributed by atoms with E-state index in [2.05, 4.69) is 0 Å². The lowest BCUT2D eigenvalue weighted by Gasteiger charge is -2.15. The zero-order valence-electron chi connectivity index (χ0n) is 8.64. The van der Waals surface area contributed by atoms with Crippen LogP contribution in [0.1, 0.15) is 29.3 Å². The van der Waals surface area contributed by atoms with Crippen LogP contribution in [0.25, 0.3) is 0 Å². The third-order valence-corrected chi connectivity index (χ3v) is 2.10. The highest BCUT2D eigenvalue weighted by Gasteiger charge is 2.21. The van der Waals surface area contributed by atoms with Crippen molar-refractivity contribution in [3.63, 3.8) is 0 Å². The molecule has 0 aromatic carbocycles. The molecule has 0 saturated carbocycles. The highest BCUT2D eigenvalue weighted by atomic mass is 16.5. The van der Waals surface area contributed by atoms with Crippen molar-refractivity contribution in [1.82, 2.24) is 0 Å². The Labute approximate surface area is 87.3 Å². The average molecular weight is 214 g/mol. The van der Waals surface area contributed by atoms with Crippen molar-refractivity contribution >= 4 is 5.97 Å². The number of hydrogen-bond donors (Lipinski definition) is 2. The third kappa shape index (κ3) is 2.81. The lowest BCUT2D eigenvalue weighted by atomic mass is 10.0. The van der Waals surface area contributed by atoms with E-state index in [4.69, 9.17) is 14.3 Å². The minimum atomic E-state index is -1.15. The van der Waals surface area contributed by atoms with Crippen LogP contribution < -0.4 is 0 Å². The fraction of sp³-hybridized carbons (Fsp3) is 0.500. The minimum Gasteiger partial charge on any atom is -0.475 e. The summed E-state index contributed by atoms with van der Waals surface area (Å²) in [6.07, 6.45) is -0.849. The predicted molar refractivity (Wildman–Crippen MR) is 51.7 cm³/mol. The molecule has 2 atom stereocenters. The summed E-state index contributed by atoms with van der Waals surface area (Å²) in [4.78, 5) is 10.5. The molecule has 0 fully saturated rings. The van der Waals surface area contributed by atoms with Gasteiger partial charge in [0.15, 0.2) is 0 Å². The van der Waals surface area contributed by atoms with Crippen LogP contribution in [0.4, 0.5) is 0 Å². The molecule has 2 unspecified atom stereocenters. The SMILES string of the molecule is COCC(C)C(O)c1ccc(C(=O)O)o1. The Morgan fingerprint density at radius 3 is 2.73 bits per heavy atom. The van der Waals surface area contributed by atoms with Crippen molar-refractivity contribution in [2.75, 3.05) is 13.7 Å². The number of aliphatic hydroxyl groups is 1. The first-order valence-corrected chi connectivity index (χ1v) is 4.56. The summed E-state index contributed by atoms with van der Waals surface area (Å²) in [5.41, 5.74) is 0. The second-order valence-corrected chi connectivity index (χ2v) is 3.38. The number of carboxylic acid groups (broad SMARTS) is 1. The molecule has 1 aromatic heterocycles. The number of furan rings is 1. The van der Waals surface area contributed by atoms with E-state index in [0.717, 1.165) is 0 Å². The van der Waals surface area contributed by atoms with Gasteiger partial charge in [-0.05, 0) is 12.1 Å². The molecule has 0 aliphatic carbocycles. The normalized spacial score (nSPS) is 14.9. The third-order valence-electron chi connectivity index (χ3n) is 2.10. The summed E-state index contributed by atoms with van der Waals surface area (Å²) < 4.78 is 9.85. The van der Waals surface area contributed by atoms with Gasteiger partial charge in [0, 0.05) is 13.0 Å².